The maximum Gasteiger partial charge on any atom is 0.319 e. The third-order valence-electron chi connectivity index (χ3n) is 5.53. The Balaban J connectivity index is 1.37. The van der Waals surface area contributed by atoms with Crippen LogP contribution in [-0.2, 0) is 6.54 Å². The molecule has 4 rings (SSSR count). The van der Waals surface area contributed by atoms with Crippen molar-refractivity contribution < 1.29 is 9.59 Å². The molecule has 0 aliphatic carbocycles. The molecule has 2 aromatic carbocycles. The number of nitrogens with zero attached hydrogens (tertiary/aromatic N) is 1. The van der Waals surface area contributed by atoms with Gasteiger partial charge in [-0.05, 0) is 61.1 Å². The molecule has 3 aromatic rings. The fourth-order valence-corrected chi connectivity index (χ4v) is 4.53. The predicted molar refractivity (Wildman–Crippen MR) is 129 cm³/mol. The number of carbonyl (C=O) groups is 2. The first-order valence-electron chi connectivity index (χ1n) is 10.9. The number of hydrogen-bond acceptors (Lipinski definition) is 4. The Hall–Kier alpha value is -3.16. The smallest absolute Gasteiger partial charge is 0.319 e. The van der Waals surface area contributed by atoms with Gasteiger partial charge in [0, 0.05) is 22.7 Å². The molecule has 166 valence electrons. The van der Waals surface area contributed by atoms with Crippen LogP contribution in [0.25, 0.3) is 0 Å². The molecule has 3 N–H and O–H groups in total. The molecule has 1 aromatic heterocycles. The Morgan fingerprint density at radius 1 is 0.969 bits per heavy atom. The quantitative estimate of drug-likeness (QED) is 0.470. The highest BCUT2D eigenvalue weighted by atomic mass is 32.1. The number of rotatable bonds is 8. The maximum atomic E-state index is 12.8. The lowest BCUT2D eigenvalue weighted by molar-refractivity contribution is 0.0951. The van der Waals surface area contributed by atoms with E-state index in [1.54, 1.807) is 35.6 Å². The molecule has 1 aliphatic heterocycles. The number of hydrogen-bond donors (Lipinski definition) is 3. The van der Waals surface area contributed by atoms with Crippen molar-refractivity contribution in [3.63, 3.8) is 0 Å². The fraction of sp³-hybridized carbons (Fsp3) is 0.280. The summed E-state index contributed by atoms with van der Waals surface area (Å²) in [5.41, 5.74) is 2.17. The zero-order chi connectivity index (χ0) is 22.2. The highest BCUT2D eigenvalue weighted by Gasteiger charge is 2.20. The predicted octanol–water partition coefficient (Wildman–Crippen LogP) is 4.64. The molecule has 1 atom stereocenters. The number of nitrogens with one attached hydrogen (secondary N) is 3. The molecule has 3 amide bonds. The minimum atomic E-state index is -0.283. The van der Waals surface area contributed by atoms with Crippen LogP contribution in [0.1, 0.15) is 39.7 Å². The Labute approximate surface area is 192 Å². The maximum absolute atomic E-state index is 12.8. The van der Waals surface area contributed by atoms with Crippen LogP contribution in [0.15, 0.2) is 72.1 Å². The first-order valence-corrected chi connectivity index (χ1v) is 11.8. The average Bonchev–Trinajstić information content (AvgIpc) is 3.52. The van der Waals surface area contributed by atoms with Crippen molar-refractivity contribution in [3.05, 3.63) is 88.1 Å². The first-order chi connectivity index (χ1) is 15.7. The number of likely N-dealkylation sites (tertiary alicyclic amines) is 1. The van der Waals surface area contributed by atoms with Gasteiger partial charge in [0.1, 0.15) is 0 Å². The van der Waals surface area contributed by atoms with Gasteiger partial charge in [-0.3, -0.25) is 4.79 Å². The normalized spacial score (nSPS) is 14.6. The number of benzene rings is 2. The van der Waals surface area contributed by atoms with Crippen molar-refractivity contribution in [2.75, 3.05) is 25.0 Å². The summed E-state index contributed by atoms with van der Waals surface area (Å²) in [5, 5.41) is 10.9. The molecule has 1 aliphatic rings. The van der Waals surface area contributed by atoms with E-state index in [1.165, 1.54) is 12.8 Å². The van der Waals surface area contributed by atoms with Crippen molar-refractivity contribution in [1.29, 1.82) is 0 Å². The lowest BCUT2D eigenvalue weighted by atomic mass is 10.1. The summed E-state index contributed by atoms with van der Waals surface area (Å²) in [6.45, 7) is 3.40. The zero-order valence-corrected chi connectivity index (χ0v) is 18.7. The molecule has 1 unspecified atom stereocenters. The van der Waals surface area contributed by atoms with E-state index in [0.29, 0.717) is 17.8 Å². The van der Waals surface area contributed by atoms with E-state index in [1.807, 2.05) is 47.8 Å². The van der Waals surface area contributed by atoms with Crippen LogP contribution in [0.3, 0.4) is 0 Å². The van der Waals surface area contributed by atoms with E-state index in [-0.39, 0.29) is 18.0 Å². The van der Waals surface area contributed by atoms with Gasteiger partial charge < -0.3 is 20.9 Å². The number of thiophene rings is 1. The lowest BCUT2D eigenvalue weighted by Crippen LogP contribution is -2.39. The molecule has 0 radical (unpaired) electrons. The average molecular weight is 449 g/mol. The number of anilines is 1. The summed E-state index contributed by atoms with van der Waals surface area (Å²) >= 11 is 1.60. The van der Waals surface area contributed by atoms with Crippen LogP contribution in [0.4, 0.5) is 10.5 Å². The molecule has 7 heteroatoms. The van der Waals surface area contributed by atoms with Gasteiger partial charge in [-0.2, -0.15) is 0 Å². The molecule has 0 spiro atoms. The van der Waals surface area contributed by atoms with Gasteiger partial charge in [0.15, 0.2) is 0 Å². The third kappa shape index (κ3) is 6.18. The molecular formula is C25H28N4O2S. The van der Waals surface area contributed by atoms with Crippen LogP contribution in [-0.4, -0.2) is 36.5 Å². The highest BCUT2D eigenvalue weighted by Crippen LogP contribution is 2.18. The second-order valence-electron chi connectivity index (χ2n) is 7.91. The standard InChI is InChI=1S/C25H28N4O2S/c30-24(26-17-22-12-7-15-32-22)20-10-6-11-21(16-20)27-25(31)28-23(18-29-13-4-5-14-29)19-8-2-1-3-9-19/h1-3,6-12,15-16,23H,4-5,13-14,17-18H2,(H,26,30)(H2,27,28,31). The minimum absolute atomic E-state index is 0.105. The highest BCUT2D eigenvalue weighted by molar-refractivity contribution is 7.09. The van der Waals surface area contributed by atoms with Gasteiger partial charge in [0.2, 0.25) is 0 Å². The Morgan fingerprint density at radius 3 is 2.53 bits per heavy atom. The van der Waals surface area contributed by atoms with Crippen LogP contribution < -0.4 is 16.0 Å². The summed E-state index contributed by atoms with van der Waals surface area (Å²) in [5.74, 6) is -0.168. The Bertz CT molecular complexity index is 1020. The molecule has 0 bridgehead atoms. The molecular weight excluding hydrogens is 420 g/mol. The minimum Gasteiger partial charge on any atom is -0.347 e. The lowest BCUT2D eigenvalue weighted by Gasteiger charge is -2.25. The van der Waals surface area contributed by atoms with Crippen LogP contribution in [0, 0.1) is 0 Å². The second kappa shape index (κ2) is 10.9. The molecule has 6 nitrogen and oxygen atoms in total. The first kappa shape index (κ1) is 22.0. The van der Waals surface area contributed by atoms with Crippen molar-refractivity contribution in [3.8, 4) is 0 Å². The van der Waals surface area contributed by atoms with Crippen molar-refractivity contribution in [2.24, 2.45) is 0 Å². The van der Waals surface area contributed by atoms with E-state index in [9.17, 15) is 9.59 Å². The molecule has 1 fully saturated rings. The number of urea groups is 1. The fourth-order valence-electron chi connectivity index (χ4n) is 3.89. The van der Waals surface area contributed by atoms with Crippen LogP contribution >= 0.6 is 11.3 Å². The van der Waals surface area contributed by atoms with Crippen LogP contribution in [0.5, 0.6) is 0 Å². The van der Waals surface area contributed by atoms with Gasteiger partial charge in [0.05, 0.1) is 12.6 Å². The summed E-state index contributed by atoms with van der Waals surface area (Å²) in [4.78, 5) is 28.8. The SMILES string of the molecule is O=C(Nc1cccc(C(=O)NCc2cccs2)c1)NC(CN1CCCC1)c1ccccc1. The van der Waals surface area contributed by atoms with E-state index < -0.39 is 0 Å². The Kier molecular flexibility index (Phi) is 7.53. The van der Waals surface area contributed by atoms with Crippen LogP contribution in [0.2, 0.25) is 0 Å². The van der Waals surface area contributed by atoms with E-state index in [2.05, 4.69) is 20.9 Å². The second-order valence-corrected chi connectivity index (χ2v) is 8.94. The molecule has 2 heterocycles. The third-order valence-corrected chi connectivity index (χ3v) is 6.41. The topological polar surface area (TPSA) is 73.5 Å². The molecule has 32 heavy (non-hydrogen) atoms. The van der Waals surface area contributed by atoms with Gasteiger partial charge in [-0.25, -0.2) is 4.79 Å². The number of carbonyl (C=O) groups excluding carboxylic acids is 2. The zero-order valence-electron chi connectivity index (χ0n) is 17.9. The van der Waals surface area contributed by atoms with Crippen molar-refractivity contribution in [1.82, 2.24) is 15.5 Å². The summed E-state index contributed by atoms with van der Waals surface area (Å²) in [6, 6.07) is 20.6. The monoisotopic (exact) mass is 448 g/mol. The summed E-state index contributed by atoms with van der Waals surface area (Å²) in [7, 11) is 0. The molecule has 0 saturated carbocycles. The van der Waals surface area contributed by atoms with Crippen molar-refractivity contribution >= 4 is 29.0 Å². The van der Waals surface area contributed by atoms with E-state index in [4.69, 9.17) is 0 Å². The van der Waals surface area contributed by atoms with E-state index in [0.717, 1.165) is 30.1 Å². The van der Waals surface area contributed by atoms with Crippen molar-refractivity contribution in [2.45, 2.75) is 25.4 Å². The summed E-state index contributed by atoms with van der Waals surface area (Å²) in [6.07, 6.45) is 2.41. The summed E-state index contributed by atoms with van der Waals surface area (Å²) < 4.78 is 0. The number of amides is 3. The largest absolute Gasteiger partial charge is 0.347 e. The van der Waals surface area contributed by atoms with Gasteiger partial charge >= 0.3 is 6.03 Å². The molecule has 1 saturated heterocycles. The van der Waals surface area contributed by atoms with Gasteiger partial charge in [0.25, 0.3) is 5.91 Å². The van der Waals surface area contributed by atoms with Gasteiger partial charge in [-0.15, -0.1) is 11.3 Å². The van der Waals surface area contributed by atoms with Gasteiger partial charge in [-0.1, -0.05) is 42.5 Å². The van der Waals surface area contributed by atoms with E-state index >= 15 is 0 Å². The Morgan fingerprint density at radius 2 is 1.78 bits per heavy atom.